The summed E-state index contributed by atoms with van der Waals surface area (Å²) in [7, 11) is 0. The molecule has 0 aliphatic heterocycles. The molecule has 41 heavy (non-hydrogen) atoms. The summed E-state index contributed by atoms with van der Waals surface area (Å²) < 4.78 is 184. The van der Waals surface area contributed by atoms with E-state index in [0.717, 1.165) is 50.7 Å². The summed E-state index contributed by atoms with van der Waals surface area (Å²) in [5.41, 5.74) is -5.85. The highest BCUT2D eigenvalue weighted by Gasteiger charge is 2.87. The maximum absolute atomic E-state index is 14.9. The lowest BCUT2D eigenvalue weighted by molar-refractivity contribution is -0.408. The van der Waals surface area contributed by atoms with E-state index in [1.54, 1.807) is 0 Å². The van der Waals surface area contributed by atoms with E-state index in [9.17, 15) is 57.1 Å². The van der Waals surface area contributed by atoms with Gasteiger partial charge in [-0.25, -0.2) is 0 Å². The van der Waals surface area contributed by atoms with Crippen LogP contribution >= 0.6 is 0 Å². The molecule has 0 radical (unpaired) electrons. The number of hydrogen-bond acceptors (Lipinski definition) is 1. The molecular formula is C27H22F13N. The van der Waals surface area contributed by atoms with Crippen LogP contribution in [-0.2, 0) is 23.4 Å². The molecule has 6 rings (SSSR count). The molecule has 4 bridgehead atoms. The minimum Gasteiger partial charge on any atom is -0.254 e. The van der Waals surface area contributed by atoms with Crippen LogP contribution in [0.15, 0.2) is 42.6 Å². The average molecular weight is 607 g/mol. The quantitative estimate of drug-likeness (QED) is 0.286. The van der Waals surface area contributed by atoms with E-state index in [-0.39, 0.29) is 6.07 Å². The Kier molecular flexibility index (Phi) is 6.56. The third-order valence-corrected chi connectivity index (χ3v) is 8.89. The number of halogens is 13. The molecule has 4 fully saturated rings. The standard InChI is InChI=1S/C27H22F13N/c28-22(29,18-3-1-17(2-4-18)21-10-14-7-15(11-21)9-16(8-14)12-21)25(35,36)27(39,40)26(37,38)23(30,31)20-6-5-19(13-41-20)24(32,33)34/h1-6,13-16H,7-12H2. The Balaban J connectivity index is 1.43. The lowest BCUT2D eigenvalue weighted by Gasteiger charge is -2.57. The SMILES string of the molecule is FC(F)(F)c1ccc(C(F)(F)C(F)(F)C(F)(F)C(F)(F)C(F)(F)c2ccc(C34CC5CC(CC(C5)C3)C4)cc2)nc1. The monoisotopic (exact) mass is 607 g/mol. The average Bonchev–Trinajstić information content (AvgIpc) is 2.87. The maximum Gasteiger partial charge on any atom is 0.417 e. The minimum absolute atomic E-state index is 0.220. The molecule has 1 aromatic heterocycles. The van der Waals surface area contributed by atoms with Gasteiger partial charge in [-0.3, -0.25) is 4.98 Å². The summed E-state index contributed by atoms with van der Waals surface area (Å²) in [6, 6.07) is 2.29. The van der Waals surface area contributed by atoms with Gasteiger partial charge in [-0.15, -0.1) is 0 Å². The van der Waals surface area contributed by atoms with E-state index < -0.39 is 70.3 Å². The first kappa shape index (κ1) is 29.9. The first-order valence-electron chi connectivity index (χ1n) is 12.7. The van der Waals surface area contributed by atoms with Gasteiger partial charge in [0, 0.05) is 11.8 Å². The van der Waals surface area contributed by atoms with Crippen LogP contribution in [0.5, 0.6) is 0 Å². The van der Waals surface area contributed by atoms with Crippen molar-refractivity contribution in [3.63, 3.8) is 0 Å². The van der Waals surface area contributed by atoms with Gasteiger partial charge in [0.05, 0.1) is 5.56 Å². The number of aromatic nitrogens is 1. The number of rotatable bonds is 7. The van der Waals surface area contributed by atoms with Crippen molar-refractivity contribution in [2.24, 2.45) is 17.8 Å². The summed E-state index contributed by atoms with van der Waals surface area (Å²) in [5.74, 6) is -32.9. The zero-order chi connectivity index (χ0) is 30.4. The first-order chi connectivity index (χ1) is 18.7. The molecule has 0 atom stereocenters. The van der Waals surface area contributed by atoms with E-state index in [1.807, 2.05) is 0 Å². The van der Waals surface area contributed by atoms with E-state index >= 15 is 0 Å². The summed E-state index contributed by atoms with van der Waals surface area (Å²) >= 11 is 0. The fourth-order valence-electron chi connectivity index (χ4n) is 7.18. The van der Waals surface area contributed by atoms with E-state index in [4.69, 9.17) is 0 Å². The van der Waals surface area contributed by atoms with Crippen molar-refractivity contribution < 1.29 is 57.1 Å². The molecule has 1 aromatic carbocycles. The molecule has 4 aliphatic rings. The predicted molar refractivity (Wildman–Crippen MR) is 118 cm³/mol. The van der Waals surface area contributed by atoms with Crippen molar-refractivity contribution in [1.29, 1.82) is 0 Å². The Morgan fingerprint density at radius 3 is 1.39 bits per heavy atom. The van der Waals surface area contributed by atoms with Gasteiger partial charge in [0.2, 0.25) is 0 Å². The predicted octanol–water partition coefficient (Wildman–Crippen LogP) is 9.36. The molecular weight excluding hydrogens is 585 g/mol. The Morgan fingerprint density at radius 2 is 0.976 bits per heavy atom. The van der Waals surface area contributed by atoms with Crippen LogP contribution in [0.25, 0.3) is 0 Å². The third kappa shape index (κ3) is 4.32. The van der Waals surface area contributed by atoms with Gasteiger partial charge < -0.3 is 0 Å². The Morgan fingerprint density at radius 1 is 0.537 bits per heavy atom. The van der Waals surface area contributed by atoms with E-state index in [2.05, 4.69) is 4.98 Å². The van der Waals surface area contributed by atoms with Gasteiger partial charge in [-0.2, -0.15) is 57.1 Å². The van der Waals surface area contributed by atoms with Crippen molar-refractivity contribution in [3.05, 3.63) is 65.0 Å². The second-order valence-electron chi connectivity index (χ2n) is 11.6. The summed E-state index contributed by atoms with van der Waals surface area (Å²) in [4.78, 5) is 2.37. The molecule has 0 amide bonds. The van der Waals surface area contributed by atoms with Gasteiger partial charge in [0.1, 0.15) is 5.69 Å². The van der Waals surface area contributed by atoms with Crippen LogP contribution in [0.2, 0.25) is 0 Å². The zero-order valence-corrected chi connectivity index (χ0v) is 20.9. The normalized spacial score (nSPS) is 27.4. The van der Waals surface area contributed by atoms with Crippen LogP contribution in [0.3, 0.4) is 0 Å². The minimum atomic E-state index is -7.39. The van der Waals surface area contributed by atoms with Crippen LogP contribution < -0.4 is 0 Å². The molecule has 4 aliphatic carbocycles. The molecule has 0 unspecified atom stereocenters. The van der Waals surface area contributed by atoms with Crippen LogP contribution in [0.4, 0.5) is 57.1 Å². The molecule has 2 aromatic rings. The molecule has 1 heterocycles. The molecule has 4 saturated carbocycles. The molecule has 226 valence electrons. The summed E-state index contributed by atoms with van der Waals surface area (Å²) in [6.45, 7) is 0. The van der Waals surface area contributed by atoms with Gasteiger partial charge in [-0.05, 0) is 79.4 Å². The highest BCUT2D eigenvalue weighted by Crippen LogP contribution is 2.63. The Bertz CT molecular complexity index is 1240. The third-order valence-electron chi connectivity index (χ3n) is 8.89. The largest absolute Gasteiger partial charge is 0.417 e. The Hall–Kier alpha value is -2.54. The molecule has 14 heteroatoms. The fraction of sp³-hybridized carbons (Fsp3) is 0.593. The van der Waals surface area contributed by atoms with Crippen molar-refractivity contribution >= 4 is 0 Å². The second kappa shape index (κ2) is 8.98. The highest BCUT2D eigenvalue weighted by atomic mass is 19.4. The number of hydrogen-bond donors (Lipinski definition) is 0. The Labute approximate surface area is 225 Å². The van der Waals surface area contributed by atoms with Gasteiger partial charge in [-0.1, -0.05) is 24.3 Å². The van der Waals surface area contributed by atoms with Crippen molar-refractivity contribution in [2.75, 3.05) is 0 Å². The van der Waals surface area contributed by atoms with Crippen molar-refractivity contribution in [1.82, 2.24) is 4.98 Å². The van der Waals surface area contributed by atoms with E-state index in [1.165, 1.54) is 0 Å². The summed E-state index contributed by atoms with van der Waals surface area (Å²) in [6.07, 6.45) is -0.303. The molecule has 1 nitrogen and oxygen atoms in total. The summed E-state index contributed by atoms with van der Waals surface area (Å²) in [5, 5.41) is 0. The van der Waals surface area contributed by atoms with Crippen LogP contribution in [0.1, 0.15) is 60.9 Å². The second-order valence-corrected chi connectivity index (χ2v) is 11.6. The topological polar surface area (TPSA) is 12.9 Å². The van der Waals surface area contributed by atoms with Gasteiger partial charge in [0.25, 0.3) is 0 Å². The lowest BCUT2D eigenvalue weighted by atomic mass is 9.48. The maximum atomic E-state index is 14.9. The number of nitrogens with zero attached hydrogens (tertiary/aromatic N) is 1. The highest BCUT2D eigenvalue weighted by molar-refractivity contribution is 5.35. The van der Waals surface area contributed by atoms with Gasteiger partial charge in [0.15, 0.2) is 0 Å². The number of pyridine rings is 1. The number of alkyl halides is 13. The molecule has 0 saturated heterocycles. The fourth-order valence-corrected chi connectivity index (χ4v) is 7.18. The van der Waals surface area contributed by atoms with Crippen LogP contribution in [0, 0.1) is 17.8 Å². The van der Waals surface area contributed by atoms with Gasteiger partial charge >= 0.3 is 35.8 Å². The lowest BCUT2D eigenvalue weighted by Crippen LogP contribution is -2.65. The first-order valence-corrected chi connectivity index (χ1v) is 12.7. The van der Waals surface area contributed by atoms with Crippen molar-refractivity contribution in [3.8, 4) is 0 Å². The van der Waals surface area contributed by atoms with Crippen LogP contribution in [-0.4, -0.2) is 22.8 Å². The van der Waals surface area contributed by atoms with Crippen molar-refractivity contribution in [2.45, 2.75) is 79.7 Å². The zero-order valence-electron chi connectivity index (χ0n) is 20.9. The smallest absolute Gasteiger partial charge is 0.254 e. The molecule has 0 spiro atoms. The van der Waals surface area contributed by atoms with E-state index in [0.29, 0.717) is 35.4 Å². The molecule has 0 N–H and O–H groups in total. The number of benzene rings is 1.